The molecule has 1 spiro atoms. The van der Waals surface area contributed by atoms with Gasteiger partial charge in [-0.05, 0) is 123 Å². The fourth-order valence-electron chi connectivity index (χ4n) is 12.0. The molecule has 376 valence electrons. The molecule has 0 bridgehead atoms. The molecule has 2 aliphatic carbocycles. The second-order valence-electron chi connectivity index (χ2n) is 20.7. The molecule has 4 aromatic rings. The van der Waals surface area contributed by atoms with E-state index in [0.717, 1.165) is 114 Å². The molecule has 0 radical (unpaired) electrons. The van der Waals surface area contributed by atoms with Crippen molar-refractivity contribution in [2.75, 3.05) is 44.6 Å². The van der Waals surface area contributed by atoms with Gasteiger partial charge in [0.1, 0.15) is 6.04 Å². The number of anilines is 1. The van der Waals surface area contributed by atoms with Gasteiger partial charge in [-0.2, -0.15) is 0 Å². The summed E-state index contributed by atoms with van der Waals surface area (Å²) in [5.41, 5.74) is 3.54. The summed E-state index contributed by atoms with van der Waals surface area (Å²) >= 11 is 12.8. The number of pyridine rings is 1. The zero-order valence-corrected chi connectivity index (χ0v) is 41.5. The Balaban J connectivity index is 0.00000214. The van der Waals surface area contributed by atoms with Crippen LogP contribution in [-0.4, -0.2) is 117 Å². The Morgan fingerprint density at radius 2 is 1.61 bits per heavy atom. The molecule has 4 unspecified atom stereocenters. The van der Waals surface area contributed by atoms with E-state index in [1.165, 1.54) is 10.8 Å². The summed E-state index contributed by atoms with van der Waals surface area (Å²) in [5.74, 6) is -2.05. The molecule has 2 aromatic heterocycles. The molecule has 2 saturated carbocycles. The normalized spacial score (nSPS) is 25.7. The van der Waals surface area contributed by atoms with Crippen LogP contribution in [0.2, 0.25) is 10.2 Å². The van der Waals surface area contributed by atoms with Gasteiger partial charge in [0, 0.05) is 93.1 Å². The number of halogens is 3. The van der Waals surface area contributed by atoms with Crippen LogP contribution < -0.4 is 27.0 Å². The van der Waals surface area contributed by atoms with Crippen molar-refractivity contribution in [3.8, 4) is 0 Å². The summed E-state index contributed by atoms with van der Waals surface area (Å²) in [5, 5.41) is 19.6. The smallest absolute Gasteiger partial charge is 0.329 e. The Labute approximate surface area is 417 Å². The monoisotopic (exact) mass is 1000 g/mol. The Kier molecular flexibility index (Phi) is 15.8. The maximum Gasteiger partial charge on any atom is 0.329 e. The Morgan fingerprint density at radius 1 is 0.914 bits per heavy atom. The van der Waals surface area contributed by atoms with E-state index >= 15 is 4.39 Å². The van der Waals surface area contributed by atoms with E-state index in [2.05, 4.69) is 49.9 Å². The first-order valence-electron chi connectivity index (χ1n) is 24.5. The first-order valence-corrected chi connectivity index (χ1v) is 25.2. The van der Waals surface area contributed by atoms with Crippen LogP contribution in [0.1, 0.15) is 113 Å². The minimum atomic E-state index is -0.767. The van der Waals surface area contributed by atoms with Gasteiger partial charge in [0.15, 0.2) is 11.0 Å². The van der Waals surface area contributed by atoms with Crippen molar-refractivity contribution in [3.63, 3.8) is 0 Å². The number of aromatic nitrogens is 3. The number of nitrogens with one attached hydrogen (secondary N) is 4. The zero-order chi connectivity index (χ0) is 49.9. The number of imide groups is 1. The van der Waals surface area contributed by atoms with Gasteiger partial charge in [-0.1, -0.05) is 49.2 Å². The number of carboxylic acid groups (broad SMARTS) is 1. The van der Waals surface area contributed by atoms with E-state index in [0.29, 0.717) is 40.5 Å². The number of rotatable bonds is 12. The van der Waals surface area contributed by atoms with Crippen molar-refractivity contribution in [1.29, 1.82) is 0 Å². The van der Waals surface area contributed by atoms with Gasteiger partial charge in [-0.3, -0.25) is 43.7 Å². The summed E-state index contributed by atoms with van der Waals surface area (Å²) in [4.78, 5) is 81.7. The predicted molar refractivity (Wildman–Crippen MR) is 265 cm³/mol. The number of amides is 4. The second-order valence-corrected chi connectivity index (χ2v) is 21.5. The average Bonchev–Trinajstić information content (AvgIpc) is 3.79. The van der Waals surface area contributed by atoms with E-state index in [-0.39, 0.29) is 47.0 Å². The van der Waals surface area contributed by atoms with Gasteiger partial charge in [-0.15, -0.1) is 0 Å². The largest absolute Gasteiger partial charge is 0.483 e. The summed E-state index contributed by atoms with van der Waals surface area (Å²) in [6.07, 6.45) is 10.6. The average molecular weight is 1010 g/mol. The lowest BCUT2D eigenvalue weighted by molar-refractivity contribution is -0.136. The van der Waals surface area contributed by atoms with Crippen LogP contribution in [0.15, 0.2) is 53.5 Å². The van der Waals surface area contributed by atoms with Crippen LogP contribution >= 0.6 is 23.2 Å². The maximum absolute atomic E-state index is 16.3. The Bertz CT molecular complexity index is 2650. The summed E-state index contributed by atoms with van der Waals surface area (Å²) in [6.45, 7) is 10.1. The molecule has 5 N–H and O–H groups in total. The lowest BCUT2D eigenvalue weighted by Gasteiger charge is -2.46. The molecular formula is C51H64Cl2FN9O7. The minimum Gasteiger partial charge on any atom is -0.483 e. The van der Waals surface area contributed by atoms with Crippen LogP contribution in [0.25, 0.3) is 11.0 Å². The highest BCUT2D eigenvalue weighted by molar-refractivity contribution is 6.31. The number of fused-ring (bicyclic) bond motifs is 1. The maximum atomic E-state index is 16.3. The topological polar surface area (TPSA) is 200 Å². The number of hydrogen-bond donors (Lipinski definition) is 5. The van der Waals surface area contributed by atoms with Gasteiger partial charge in [0.25, 0.3) is 6.47 Å². The summed E-state index contributed by atoms with van der Waals surface area (Å²) in [7, 11) is 1.72. The Hall–Kier alpha value is -5.20. The van der Waals surface area contributed by atoms with Crippen molar-refractivity contribution in [3.05, 3.63) is 91.8 Å². The summed E-state index contributed by atoms with van der Waals surface area (Å²) in [6, 6.07) is 11.6. The minimum absolute atomic E-state index is 0.00494. The number of aryl methyl sites for hydroxylation is 1. The van der Waals surface area contributed by atoms with Gasteiger partial charge in [-0.25, -0.2) is 14.2 Å². The summed E-state index contributed by atoms with van der Waals surface area (Å²) < 4.78 is 19.4. The molecule has 3 aliphatic heterocycles. The number of nitrogens with zero attached hydrogens (tertiary/aromatic N) is 5. The number of benzene rings is 2. The molecule has 4 amide bonds. The highest BCUT2D eigenvalue weighted by atomic mass is 35.5. The molecule has 4 atom stereocenters. The molecule has 5 heterocycles. The third-order valence-corrected chi connectivity index (χ3v) is 16.4. The van der Waals surface area contributed by atoms with Crippen molar-refractivity contribution < 1.29 is 33.5 Å². The van der Waals surface area contributed by atoms with Crippen LogP contribution in [0.5, 0.6) is 0 Å². The third-order valence-electron chi connectivity index (χ3n) is 15.9. The number of piperazine rings is 1. The van der Waals surface area contributed by atoms with E-state index in [4.69, 9.17) is 33.1 Å². The molecule has 19 heteroatoms. The van der Waals surface area contributed by atoms with Crippen molar-refractivity contribution in [2.24, 2.45) is 18.4 Å². The molecule has 70 heavy (non-hydrogen) atoms. The van der Waals surface area contributed by atoms with Crippen molar-refractivity contribution in [2.45, 2.75) is 120 Å². The number of carbonyl (C=O) groups is 5. The lowest BCUT2D eigenvalue weighted by Crippen LogP contribution is -2.54. The third kappa shape index (κ3) is 10.8. The number of hydrogen-bond acceptors (Lipinski definition) is 10. The highest BCUT2D eigenvalue weighted by Crippen LogP contribution is 2.58. The van der Waals surface area contributed by atoms with Crippen LogP contribution in [0.4, 0.5) is 10.1 Å². The standard InChI is InChI=1S/C50H62Cl2FN9O5.CH2O2/c1-49(2)16-18-50(19-17-49)42(34-10-7-32(51)27-36(34)55-29-63)41(35-14-20-54-45(52)43(35)53)44(58-50)47(66)56-33-8-4-31(5-9-33)28-61-24-22-60(23-25-61)21-15-30-6-11-37-39(26-30)59(3)48(67)62(37)38-12-13-40(64)57-46(38)65;2-1-3/h6-7,10-11,14,20,26-27,29,31,33,38,41-42,44,58H,4-5,8-9,12-13,15-19,21-25,28H2,1-3H3,(H,55,63)(H,56,66)(H,57,64,65);1H,(H,2,3). The van der Waals surface area contributed by atoms with Crippen LogP contribution in [0.3, 0.4) is 0 Å². The van der Waals surface area contributed by atoms with E-state index in [1.807, 2.05) is 24.3 Å². The van der Waals surface area contributed by atoms with Crippen LogP contribution in [-0.2, 0) is 37.4 Å². The second kappa shape index (κ2) is 21.7. The Morgan fingerprint density at radius 3 is 2.30 bits per heavy atom. The predicted octanol–water partition coefficient (Wildman–Crippen LogP) is 6.14. The quantitative estimate of drug-likeness (QED) is 0.0621. The molecule has 3 saturated heterocycles. The fraction of sp³-hybridized carbons (Fsp3) is 0.549. The molecule has 2 aromatic carbocycles. The fourth-order valence-corrected chi connectivity index (χ4v) is 12.4. The molecular weight excluding hydrogens is 941 g/mol. The first kappa shape index (κ1) is 51.2. The van der Waals surface area contributed by atoms with E-state index in [1.54, 1.807) is 29.8 Å². The first-order chi connectivity index (χ1) is 33.5. The molecule has 16 nitrogen and oxygen atoms in total. The van der Waals surface area contributed by atoms with Gasteiger partial charge in [0.2, 0.25) is 24.1 Å². The van der Waals surface area contributed by atoms with Crippen molar-refractivity contribution in [1.82, 2.24) is 39.9 Å². The zero-order valence-electron chi connectivity index (χ0n) is 40.0. The van der Waals surface area contributed by atoms with Gasteiger partial charge < -0.3 is 25.5 Å². The van der Waals surface area contributed by atoms with Crippen LogP contribution in [0, 0.1) is 17.2 Å². The molecule has 5 fully saturated rings. The van der Waals surface area contributed by atoms with E-state index < -0.39 is 41.2 Å². The SMILES string of the molecule is Cn1c(=O)n(C2CCC(=O)NC2=O)c2ccc(CCN3CCN(CC4CCC(NC(=O)C5NC6(CCC(C)(C)CC6)C(c6ccc(Cl)cc6NC=O)C5c5ccnc(Cl)c5F)CC4)CC3)cc21.O=CO. The molecule has 9 rings (SSSR count). The van der Waals surface area contributed by atoms with E-state index in [9.17, 15) is 24.0 Å². The lowest BCUT2D eigenvalue weighted by atomic mass is 9.61. The highest BCUT2D eigenvalue weighted by Gasteiger charge is 2.59. The number of imidazole rings is 1. The number of piperidine rings is 1. The number of carbonyl (C=O) groups excluding carboxylic acids is 4. The molecule has 5 aliphatic rings. The van der Waals surface area contributed by atoms with Gasteiger partial charge >= 0.3 is 5.69 Å². The van der Waals surface area contributed by atoms with Crippen molar-refractivity contribution >= 4 is 70.5 Å². The van der Waals surface area contributed by atoms with Gasteiger partial charge in [0.05, 0.1) is 17.1 Å².